The lowest BCUT2D eigenvalue weighted by Gasteiger charge is -2.21. The smallest absolute Gasteiger partial charge is 0.356 e. The minimum absolute atomic E-state index is 0.104. The van der Waals surface area contributed by atoms with E-state index in [9.17, 15) is 4.79 Å². The summed E-state index contributed by atoms with van der Waals surface area (Å²) < 4.78 is 0. The topological polar surface area (TPSA) is 62.2 Å². The fraction of sp³-hybridized carbons (Fsp3) is 0.455. The van der Waals surface area contributed by atoms with Gasteiger partial charge in [0.15, 0.2) is 5.69 Å². The molecule has 7 heteroatoms. The van der Waals surface area contributed by atoms with Gasteiger partial charge in [-0.15, -0.1) is 0 Å². The van der Waals surface area contributed by atoms with Crippen molar-refractivity contribution >= 4 is 46.9 Å². The van der Waals surface area contributed by atoms with E-state index >= 15 is 0 Å². The van der Waals surface area contributed by atoms with Gasteiger partial charge in [0, 0.05) is 29.1 Å². The van der Waals surface area contributed by atoms with Crippen LogP contribution >= 0.6 is 35.1 Å². The number of carboxylic acid groups (broad SMARTS) is 1. The van der Waals surface area contributed by atoms with Gasteiger partial charge in [0.25, 0.3) is 0 Å². The maximum atomic E-state index is 10.9. The van der Waals surface area contributed by atoms with Gasteiger partial charge in [-0.2, -0.15) is 23.5 Å². The molecular formula is C11H13ClN2O2S2. The SMILES string of the molecule is O=C(O)c1nc(NCC2CSCCS2)ccc1Cl. The molecule has 0 spiro atoms. The summed E-state index contributed by atoms with van der Waals surface area (Å²) in [6.45, 7) is 0.797. The number of halogens is 1. The van der Waals surface area contributed by atoms with Crippen molar-refractivity contribution in [2.75, 3.05) is 29.1 Å². The Balaban J connectivity index is 1.96. The lowest BCUT2D eigenvalue weighted by atomic mass is 10.3. The second-order valence-electron chi connectivity index (χ2n) is 3.78. The Labute approximate surface area is 119 Å². The van der Waals surface area contributed by atoms with Crippen molar-refractivity contribution in [3.05, 3.63) is 22.8 Å². The first-order valence-corrected chi connectivity index (χ1v) is 8.08. The van der Waals surface area contributed by atoms with Gasteiger partial charge >= 0.3 is 5.97 Å². The van der Waals surface area contributed by atoms with Crippen LogP contribution in [0.5, 0.6) is 0 Å². The molecule has 1 fully saturated rings. The summed E-state index contributed by atoms with van der Waals surface area (Å²) in [6, 6.07) is 3.26. The summed E-state index contributed by atoms with van der Waals surface area (Å²) >= 11 is 9.66. The van der Waals surface area contributed by atoms with Crippen LogP contribution in [0.3, 0.4) is 0 Å². The van der Waals surface area contributed by atoms with E-state index in [1.165, 1.54) is 11.5 Å². The average Bonchev–Trinajstić information content (AvgIpc) is 2.38. The zero-order valence-corrected chi connectivity index (χ0v) is 11.9. The van der Waals surface area contributed by atoms with Gasteiger partial charge in [-0.25, -0.2) is 9.78 Å². The normalized spacial score (nSPS) is 19.5. The number of anilines is 1. The molecule has 4 nitrogen and oxygen atoms in total. The number of nitrogens with one attached hydrogen (secondary N) is 1. The van der Waals surface area contributed by atoms with Crippen molar-refractivity contribution in [2.45, 2.75) is 5.25 Å². The first kappa shape index (κ1) is 13.8. The highest BCUT2D eigenvalue weighted by Crippen LogP contribution is 2.24. The molecule has 0 amide bonds. The molecule has 1 aliphatic rings. The molecule has 0 radical (unpaired) electrons. The van der Waals surface area contributed by atoms with Crippen molar-refractivity contribution in [2.24, 2.45) is 0 Å². The highest BCUT2D eigenvalue weighted by atomic mass is 35.5. The number of pyridine rings is 1. The number of aromatic carboxylic acids is 1. The number of aromatic nitrogens is 1. The van der Waals surface area contributed by atoms with E-state index in [0.717, 1.165) is 12.3 Å². The van der Waals surface area contributed by atoms with Crippen molar-refractivity contribution in [3.8, 4) is 0 Å². The number of nitrogens with zero attached hydrogens (tertiary/aromatic N) is 1. The first-order chi connectivity index (χ1) is 8.66. The van der Waals surface area contributed by atoms with Crippen LogP contribution in [-0.2, 0) is 0 Å². The Morgan fingerprint density at radius 1 is 1.56 bits per heavy atom. The molecule has 2 N–H and O–H groups in total. The third-order valence-electron chi connectivity index (χ3n) is 2.44. The molecule has 1 aliphatic heterocycles. The van der Waals surface area contributed by atoms with E-state index in [2.05, 4.69) is 10.3 Å². The van der Waals surface area contributed by atoms with Crippen molar-refractivity contribution < 1.29 is 9.90 Å². The molecule has 1 aromatic heterocycles. The van der Waals surface area contributed by atoms with Crippen LogP contribution in [0.25, 0.3) is 0 Å². The van der Waals surface area contributed by atoms with Gasteiger partial charge < -0.3 is 10.4 Å². The highest BCUT2D eigenvalue weighted by molar-refractivity contribution is 8.06. The monoisotopic (exact) mass is 304 g/mol. The molecule has 98 valence electrons. The molecule has 0 aliphatic carbocycles. The number of thioether (sulfide) groups is 2. The van der Waals surface area contributed by atoms with Crippen molar-refractivity contribution in [3.63, 3.8) is 0 Å². The molecule has 0 saturated carbocycles. The van der Waals surface area contributed by atoms with Gasteiger partial charge in [0.2, 0.25) is 0 Å². The van der Waals surface area contributed by atoms with Gasteiger partial charge in [-0.1, -0.05) is 11.6 Å². The molecule has 2 rings (SSSR count). The minimum Gasteiger partial charge on any atom is -0.476 e. The molecule has 0 aromatic carbocycles. The number of carbonyl (C=O) groups is 1. The largest absolute Gasteiger partial charge is 0.476 e. The third-order valence-corrected chi connectivity index (χ3v) is 5.59. The Bertz CT molecular complexity index is 439. The van der Waals surface area contributed by atoms with Crippen LogP contribution in [0.1, 0.15) is 10.5 Å². The van der Waals surface area contributed by atoms with E-state index < -0.39 is 5.97 Å². The van der Waals surface area contributed by atoms with Crippen LogP contribution in [0.15, 0.2) is 12.1 Å². The molecule has 1 atom stereocenters. The summed E-state index contributed by atoms with van der Waals surface area (Å²) in [5, 5.41) is 12.8. The fourth-order valence-corrected chi connectivity index (χ4v) is 4.36. The summed E-state index contributed by atoms with van der Waals surface area (Å²) in [5.74, 6) is 2.96. The van der Waals surface area contributed by atoms with Crippen LogP contribution in [0, 0.1) is 0 Å². The van der Waals surface area contributed by atoms with Crippen molar-refractivity contribution in [1.82, 2.24) is 4.98 Å². The molecular weight excluding hydrogens is 292 g/mol. The first-order valence-electron chi connectivity index (χ1n) is 5.50. The van der Waals surface area contributed by atoms with Gasteiger partial charge in [0.1, 0.15) is 5.82 Å². The van der Waals surface area contributed by atoms with E-state index in [0.29, 0.717) is 11.1 Å². The lowest BCUT2D eigenvalue weighted by molar-refractivity contribution is 0.0691. The second kappa shape index (κ2) is 6.54. The lowest BCUT2D eigenvalue weighted by Crippen LogP contribution is -2.23. The number of rotatable bonds is 4. The standard InChI is InChI=1S/C11H13ClN2O2S2/c12-8-1-2-9(14-10(8)11(15)16)13-5-7-6-17-3-4-18-7/h1-2,7H,3-6H2,(H,13,14)(H,15,16). The average molecular weight is 305 g/mol. The number of carboxylic acids is 1. The Hall–Kier alpha value is -0.590. The third kappa shape index (κ3) is 3.70. The summed E-state index contributed by atoms with van der Waals surface area (Å²) in [4.78, 5) is 14.9. The maximum Gasteiger partial charge on any atom is 0.356 e. The summed E-state index contributed by atoms with van der Waals surface area (Å²) in [7, 11) is 0. The molecule has 2 heterocycles. The summed E-state index contributed by atoms with van der Waals surface area (Å²) in [5.41, 5.74) is -0.104. The van der Waals surface area contributed by atoms with Gasteiger partial charge in [-0.05, 0) is 12.1 Å². The quantitative estimate of drug-likeness (QED) is 0.892. The predicted octanol–water partition coefficient (Wildman–Crippen LogP) is 2.69. The van der Waals surface area contributed by atoms with E-state index in [-0.39, 0.29) is 10.7 Å². The Kier molecular flexibility index (Phi) is 5.03. The van der Waals surface area contributed by atoms with Crippen molar-refractivity contribution in [1.29, 1.82) is 0 Å². The van der Waals surface area contributed by atoms with Crippen LogP contribution in [-0.4, -0.2) is 45.1 Å². The van der Waals surface area contributed by atoms with Gasteiger partial charge in [0.05, 0.1) is 5.02 Å². The molecule has 1 saturated heterocycles. The van der Waals surface area contributed by atoms with E-state index in [1.807, 2.05) is 23.5 Å². The van der Waals surface area contributed by atoms with E-state index in [4.69, 9.17) is 16.7 Å². The maximum absolute atomic E-state index is 10.9. The molecule has 1 unspecified atom stereocenters. The fourth-order valence-electron chi connectivity index (χ4n) is 1.56. The van der Waals surface area contributed by atoms with Crippen LogP contribution in [0.4, 0.5) is 5.82 Å². The minimum atomic E-state index is -1.11. The number of hydrogen-bond donors (Lipinski definition) is 2. The van der Waals surface area contributed by atoms with E-state index in [1.54, 1.807) is 12.1 Å². The van der Waals surface area contributed by atoms with Gasteiger partial charge in [-0.3, -0.25) is 0 Å². The van der Waals surface area contributed by atoms with Crippen LogP contribution < -0.4 is 5.32 Å². The molecule has 18 heavy (non-hydrogen) atoms. The zero-order chi connectivity index (χ0) is 13.0. The van der Waals surface area contributed by atoms with Crippen LogP contribution in [0.2, 0.25) is 5.02 Å². The summed E-state index contributed by atoms with van der Waals surface area (Å²) in [6.07, 6.45) is 0. The highest BCUT2D eigenvalue weighted by Gasteiger charge is 2.15. The Morgan fingerprint density at radius 3 is 3.06 bits per heavy atom. The second-order valence-corrected chi connectivity index (χ2v) is 6.75. The zero-order valence-electron chi connectivity index (χ0n) is 9.56. The number of hydrogen-bond acceptors (Lipinski definition) is 5. The Morgan fingerprint density at radius 2 is 2.39 bits per heavy atom. The predicted molar refractivity (Wildman–Crippen MR) is 78.3 cm³/mol. The molecule has 1 aromatic rings. The molecule has 0 bridgehead atoms.